The van der Waals surface area contributed by atoms with Crippen LogP contribution in [0.15, 0.2) is 66.7 Å². The predicted octanol–water partition coefficient (Wildman–Crippen LogP) is 4.96. The molecule has 5 nitrogen and oxygen atoms in total. The number of carbonyl (C=O) groups is 1. The Morgan fingerprint density at radius 3 is 2.30 bits per heavy atom. The molecule has 0 aromatic heterocycles. The normalized spacial score (nSPS) is 12.6. The molecule has 0 spiro atoms. The van der Waals surface area contributed by atoms with Crippen LogP contribution in [-0.4, -0.2) is 29.5 Å². The van der Waals surface area contributed by atoms with Crippen LogP contribution in [0.4, 0.5) is 4.79 Å². The van der Waals surface area contributed by atoms with Crippen molar-refractivity contribution >= 4 is 12.2 Å². The van der Waals surface area contributed by atoms with E-state index in [0.717, 1.165) is 0 Å². The summed E-state index contributed by atoms with van der Waals surface area (Å²) in [5.41, 5.74) is 5.71. The van der Waals surface area contributed by atoms with E-state index in [9.17, 15) is 15.0 Å². The summed E-state index contributed by atoms with van der Waals surface area (Å²) in [5.74, 6) is 0.0874. The van der Waals surface area contributed by atoms with E-state index in [1.807, 2.05) is 24.3 Å². The Morgan fingerprint density at radius 1 is 1.00 bits per heavy atom. The van der Waals surface area contributed by atoms with Crippen LogP contribution < -0.4 is 5.32 Å². The van der Waals surface area contributed by atoms with Crippen molar-refractivity contribution in [3.63, 3.8) is 0 Å². The van der Waals surface area contributed by atoms with Gasteiger partial charge in [0.25, 0.3) is 0 Å². The maximum absolute atomic E-state index is 12.2. The maximum Gasteiger partial charge on any atom is 0.407 e. The van der Waals surface area contributed by atoms with Gasteiger partial charge in [-0.1, -0.05) is 60.7 Å². The highest BCUT2D eigenvalue weighted by Gasteiger charge is 2.28. The molecule has 3 aromatic carbocycles. The molecule has 0 saturated carbocycles. The molecule has 0 fully saturated rings. The fourth-order valence-corrected chi connectivity index (χ4v) is 3.82. The van der Waals surface area contributed by atoms with Gasteiger partial charge in [-0.05, 0) is 41.3 Å². The number of nitrogens with one attached hydrogen (secondary N) is 1. The molecule has 0 radical (unpaired) electrons. The van der Waals surface area contributed by atoms with Crippen molar-refractivity contribution in [1.29, 1.82) is 0 Å². The Kier molecular flexibility index (Phi) is 5.44. The van der Waals surface area contributed by atoms with Crippen molar-refractivity contribution < 1.29 is 19.7 Å². The third-order valence-electron chi connectivity index (χ3n) is 5.44. The predicted molar refractivity (Wildman–Crippen MR) is 117 cm³/mol. The molecule has 0 atom stereocenters. The van der Waals surface area contributed by atoms with Gasteiger partial charge in [0.1, 0.15) is 18.1 Å². The summed E-state index contributed by atoms with van der Waals surface area (Å²) in [5, 5.41) is 22.3. The second-order valence-corrected chi connectivity index (χ2v) is 7.26. The number of aromatic hydroxyl groups is 2. The first-order valence-corrected chi connectivity index (χ1v) is 9.83. The summed E-state index contributed by atoms with van der Waals surface area (Å²) < 4.78 is 5.48. The molecule has 1 aliphatic carbocycles. The van der Waals surface area contributed by atoms with Gasteiger partial charge in [-0.15, -0.1) is 0 Å². The van der Waals surface area contributed by atoms with Crippen LogP contribution in [0.2, 0.25) is 0 Å². The number of amides is 1. The SMILES string of the molecule is Cc1c(O)ccc(C=CCNC(=O)OCC2c3ccccc3-c3ccccc32)c1O. The second kappa shape index (κ2) is 8.33. The van der Waals surface area contributed by atoms with Gasteiger partial charge in [-0.25, -0.2) is 4.79 Å². The van der Waals surface area contributed by atoms with Crippen molar-refractivity contribution in [1.82, 2.24) is 5.32 Å². The quantitative estimate of drug-likeness (QED) is 0.565. The van der Waals surface area contributed by atoms with Gasteiger partial charge in [0.2, 0.25) is 0 Å². The van der Waals surface area contributed by atoms with Gasteiger partial charge in [0.05, 0.1) is 0 Å². The van der Waals surface area contributed by atoms with Gasteiger partial charge >= 0.3 is 6.09 Å². The third kappa shape index (κ3) is 3.74. The van der Waals surface area contributed by atoms with Crippen LogP contribution in [0.5, 0.6) is 11.5 Å². The highest BCUT2D eigenvalue weighted by Crippen LogP contribution is 2.44. The lowest BCUT2D eigenvalue weighted by molar-refractivity contribution is 0.144. The van der Waals surface area contributed by atoms with E-state index in [2.05, 4.69) is 29.6 Å². The summed E-state index contributed by atoms with van der Waals surface area (Å²) in [6.07, 6.45) is 2.91. The van der Waals surface area contributed by atoms with Crippen LogP contribution in [-0.2, 0) is 4.74 Å². The van der Waals surface area contributed by atoms with Crippen LogP contribution in [0.3, 0.4) is 0 Å². The minimum absolute atomic E-state index is 0.0207. The first-order chi connectivity index (χ1) is 14.6. The highest BCUT2D eigenvalue weighted by atomic mass is 16.5. The summed E-state index contributed by atoms with van der Waals surface area (Å²) >= 11 is 0. The van der Waals surface area contributed by atoms with Crippen molar-refractivity contribution in [3.05, 3.63) is 89.0 Å². The standard InChI is InChI=1S/C25H23NO4/c1-16-23(27)13-12-17(24(16)28)7-6-14-26-25(29)30-15-22-20-10-4-2-8-18(20)19-9-3-5-11-21(19)22/h2-13,22,27-28H,14-15H2,1H3,(H,26,29). The first-order valence-electron chi connectivity index (χ1n) is 9.83. The molecule has 0 aliphatic heterocycles. The van der Waals surface area contributed by atoms with Crippen molar-refractivity contribution in [3.8, 4) is 22.6 Å². The lowest BCUT2D eigenvalue weighted by Gasteiger charge is -2.14. The molecule has 5 heteroatoms. The molecule has 1 aliphatic rings. The molecular weight excluding hydrogens is 378 g/mol. The van der Waals surface area contributed by atoms with E-state index in [-0.39, 0.29) is 30.6 Å². The van der Waals surface area contributed by atoms with Gasteiger partial charge in [-0.3, -0.25) is 0 Å². The smallest absolute Gasteiger partial charge is 0.407 e. The number of hydrogen-bond acceptors (Lipinski definition) is 4. The van der Waals surface area contributed by atoms with Crippen molar-refractivity contribution in [2.45, 2.75) is 12.8 Å². The van der Waals surface area contributed by atoms with Crippen LogP contribution in [0.25, 0.3) is 17.2 Å². The Morgan fingerprint density at radius 2 is 1.63 bits per heavy atom. The minimum atomic E-state index is -0.493. The summed E-state index contributed by atoms with van der Waals surface area (Å²) in [4.78, 5) is 12.2. The number of carbonyl (C=O) groups excluding carboxylic acids is 1. The van der Waals surface area contributed by atoms with Gasteiger partial charge < -0.3 is 20.3 Å². The van der Waals surface area contributed by atoms with Crippen LogP contribution in [0, 0.1) is 6.92 Å². The number of alkyl carbamates (subject to hydrolysis) is 1. The van der Waals surface area contributed by atoms with Crippen molar-refractivity contribution in [2.24, 2.45) is 0 Å². The van der Waals surface area contributed by atoms with Gasteiger partial charge in [0.15, 0.2) is 0 Å². The fourth-order valence-electron chi connectivity index (χ4n) is 3.82. The van der Waals surface area contributed by atoms with E-state index in [1.54, 1.807) is 25.1 Å². The third-order valence-corrected chi connectivity index (χ3v) is 5.44. The molecule has 0 saturated heterocycles. The van der Waals surface area contributed by atoms with Crippen molar-refractivity contribution in [2.75, 3.05) is 13.2 Å². The van der Waals surface area contributed by atoms with E-state index >= 15 is 0 Å². The Balaban J connectivity index is 1.34. The Hall–Kier alpha value is -3.73. The first kappa shape index (κ1) is 19.6. The fraction of sp³-hybridized carbons (Fsp3) is 0.160. The minimum Gasteiger partial charge on any atom is -0.508 e. The van der Waals surface area contributed by atoms with E-state index < -0.39 is 6.09 Å². The molecule has 3 aromatic rings. The summed E-state index contributed by atoms with van der Waals surface area (Å²) in [6, 6.07) is 19.5. The summed E-state index contributed by atoms with van der Waals surface area (Å²) in [7, 11) is 0. The molecule has 0 bridgehead atoms. The number of benzene rings is 3. The molecule has 152 valence electrons. The van der Waals surface area contributed by atoms with Gasteiger partial charge in [0, 0.05) is 23.6 Å². The lowest BCUT2D eigenvalue weighted by Crippen LogP contribution is -2.26. The zero-order chi connectivity index (χ0) is 21.1. The molecule has 3 N–H and O–H groups in total. The lowest BCUT2D eigenvalue weighted by atomic mass is 9.98. The average molecular weight is 401 g/mol. The number of fused-ring (bicyclic) bond motifs is 3. The number of phenolic OH excluding ortho intramolecular Hbond substituents is 2. The summed E-state index contributed by atoms with van der Waals surface area (Å²) in [6.45, 7) is 2.16. The van der Waals surface area contributed by atoms with E-state index in [0.29, 0.717) is 11.1 Å². The van der Waals surface area contributed by atoms with Gasteiger partial charge in [-0.2, -0.15) is 0 Å². The largest absolute Gasteiger partial charge is 0.508 e. The monoisotopic (exact) mass is 401 g/mol. The van der Waals surface area contributed by atoms with Crippen LogP contribution in [0.1, 0.15) is 28.2 Å². The Bertz CT molecular complexity index is 1070. The molecule has 4 rings (SSSR count). The number of phenols is 2. The second-order valence-electron chi connectivity index (χ2n) is 7.26. The topological polar surface area (TPSA) is 78.8 Å². The molecule has 0 heterocycles. The number of ether oxygens (including phenoxy) is 1. The number of rotatable bonds is 5. The highest BCUT2D eigenvalue weighted by molar-refractivity contribution is 5.79. The maximum atomic E-state index is 12.2. The zero-order valence-corrected chi connectivity index (χ0v) is 16.6. The Labute approximate surface area is 175 Å². The molecule has 1 amide bonds. The van der Waals surface area contributed by atoms with E-state index in [4.69, 9.17) is 4.74 Å². The molecular formula is C25H23NO4. The zero-order valence-electron chi connectivity index (χ0n) is 16.6. The molecule has 0 unspecified atom stereocenters. The number of hydrogen-bond donors (Lipinski definition) is 3. The molecule has 30 heavy (non-hydrogen) atoms. The average Bonchev–Trinajstić information content (AvgIpc) is 3.09. The van der Waals surface area contributed by atoms with Crippen LogP contribution >= 0.6 is 0 Å². The van der Waals surface area contributed by atoms with E-state index in [1.165, 1.54) is 28.3 Å².